The third-order valence-corrected chi connectivity index (χ3v) is 2.72. The van der Waals surface area contributed by atoms with Crippen molar-refractivity contribution in [3.8, 4) is 17.2 Å². The fourth-order valence-electron chi connectivity index (χ4n) is 1.69. The van der Waals surface area contributed by atoms with E-state index in [4.69, 9.17) is 4.74 Å². The second-order valence-corrected chi connectivity index (χ2v) is 4.24. The van der Waals surface area contributed by atoms with E-state index in [0.717, 1.165) is 25.7 Å². The molecule has 5 heteroatoms. The SMILES string of the molecule is CCCCCCOc1c(O)cc(C(=O)OC)cc1O. The normalized spacial score (nSPS) is 10.2. The summed E-state index contributed by atoms with van der Waals surface area (Å²) in [4.78, 5) is 11.3. The molecule has 0 spiro atoms. The maximum atomic E-state index is 11.3. The van der Waals surface area contributed by atoms with Crippen LogP contribution in [0, 0.1) is 0 Å². The Hall–Kier alpha value is -1.91. The van der Waals surface area contributed by atoms with Crippen LogP contribution in [0.25, 0.3) is 0 Å². The first-order valence-corrected chi connectivity index (χ1v) is 6.37. The third kappa shape index (κ3) is 4.35. The molecule has 1 aromatic rings. The van der Waals surface area contributed by atoms with E-state index >= 15 is 0 Å². The molecular weight excluding hydrogens is 248 g/mol. The van der Waals surface area contributed by atoms with Gasteiger partial charge in [-0.3, -0.25) is 0 Å². The highest BCUT2D eigenvalue weighted by molar-refractivity contribution is 5.91. The maximum Gasteiger partial charge on any atom is 0.338 e. The molecule has 0 saturated heterocycles. The highest BCUT2D eigenvalue weighted by Gasteiger charge is 2.15. The topological polar surface area (TPSA) is 76.0 Å². The maximum absolute atomic E-state index is 11.3. The molecule has 0 amide bonds. The largest absolute Gasteiger partial charge is 0.504 e. The summed E-state index contributed by atoms with van der Waals surface area (Å²) < 4.78 is 9.84. The van der Waals surface area contributed by atoms with Crippen molar-refractivity contribution in [3.63, 3.8) is 0 Å². The van der Waals surface area contributed by atoms with Gasteiger partial charge in [0, 0.05) is 0 Å². The minimum atomic E-state index is -0.625. The molecule has 0 bridgehead atoms. The predicted molar refractivity (Wildman–Crippen MR) is 70.7 cm³/mol. The van der Waals surface area contributed by atoms with Crippen LogP contribution in [-0.4, -0.2) is 29.9 Å². The minimum Gasteiger partial charge on any atom is -0.504 e. The molecular formula is C14H20O5. The second-order valence-electron chi connectivity index (χ2n) is 4.24. The number of phenolic OH excluding ortho intramolecular Hbond substituents is 2. The number of phenols is 2. The lowest BCUT2D eigenvalue weighted by Gasteiger charge is -2.11. The molecule has 0 aliphatic carbocycles. The van der Waals surface area contributed by atoms with Gasteiger partial charge in [0.15, 0.2) is 11.5 Å². The van der Waals surface area contributed by atoms with Crippen LogP contribution in [-0.2, 0) is 4.74 Å². The van der Waals surface area contributed by atoms with E-state index in [1.54, 1.807) is 0 Å². The van der Waals surface area contributed by atoms with Crippen LogP contribution >= 0.6 is 0 Å². The van der Waals surface area contributed by atoms with Crippen LogP contribution in [0.15, 0.2) is 12.1 Å². The van der Waals surface area contributed by atoms with E-state index < -0.39 is 5.97 Å². The number of aromatic hydroxyl groups is 2. The second kappa shape index (κ2) is 7.51. The molecule has 0 atom stereocenters. The van der Waals surface area contributed by atoms with Crippen molar-refractivity contribution in [2.75, 3.05) is 13.7 Å². The van der Waals surface area contributed by atoms with Crippen molar-refractivity contribution in [2.24, 2.45) is 0 Å². The van der Waals surface area contributed by atoms with E-state index in [0.29, 0.717) is 6.61 Å². The molecule has 0 heterocycles. The summed E-state index contributed by atoms with van der Waals surface area (Å²) in [5.74, 6) is -1.16. The van der Waals surface area contributed by atoms with Crippen molar-refractivity contribution in [1.29, 1.82) is 0 Å². The average Bonchev–Trinajstić information content (AvgIpc) is 2.40. The molecule has 1 rings (SSSR count). The Morgan fingerprint density at radius 2 is 1.79 bits per heavy atom. The third-order valence-electron chi connectivity index (χ3n) is 2.72. The van der Waals surface area contributed by atoms with Gasteiger partial charge >= 0.3 is 5.97 Å². The summed E-state index contributed by atoms with van der Waals surface area (Å²) in [7, 11) is 1.23. The van der Waals surface area contributed by atoms with Gasteiger partial charge in [-0.1, -0.05) is 26.2 Å². The Labute approximate surface area is 112 Å². The van der Waals surface area contributed by atoms with E-state index in [1.165, 1.54) is 19.2 Å². The van der Waals surface area contributed by atoms with Crippen LogP contribution in [0.3, 0.4) is 0 Å². The number of hydrogen-bond acceptors (Lipinski definition) is 5. The molecule has 2 N–H and O–H groups in total. The van der Waals surface area contributed by atoms with Gasteiger partial charge in [0.25, 0.3) is 0 Å². The van der Waals surface area contributed by atoms with Crippen molar-refractivity contribution < 1.29 is 24.5 Å². The monoisotopic (exact) mass is 268 g/mol. The molecule has 0 radical (unpaired) electrons. The standard InChI is InChI=1S/C14H20O5/c1-3-4-5-6-7-19-13-11(15)8-10(9-12(13)16)14(17)18-2/h8-9,15-16H,3-7H2,1-2H3. The van der Waals surface area contributed by atoms with Gasteiger partial charge in [-0.05, 0) is 18.6 Å². The fourth-order valence-corrected chi connectivity index (χ4v) is 1.69. The predicted octanol–water partition coefficient (Wildman–Crippen LogP) is 2.84. The quantitative estimate of drug-likeness (QED) is 0.587. The minimum absolute atomic E-state index is 0.00384. The summed E-state index contributed by atoms with van der Waals surface area (Å²) in [6.07, 6.45) is 4.15. The first kappa shape index (κ1) is 15.1. The number of unbranched alkanes of at least 4 members (excludes halogenated alkanes) is 3. The lowest BCUT2D eigenvalue weighted by atomic mass is 10.2. The van der Waals surface area contributed by atoms with Crippen molar-refractivity contribution >= 4 is 5.97 Å². The number of esters is 1. The number of benzene rings is 1. The first-order chi connectivity index (χ1) is 9.10. The summed E-state index contributed by atoms with van der Waals surface area (Å²) >= 11 is 0. The summed E-state index contributed by atoms with van der Waals surface area (Å²) in [5, 5.41) is 19.5. The van der Waals surface area contributed by atoms with E-state index in [9.17, 15) is 15.0 Å². The van der Waals surface area contributed by atoms with Gasteiger partial charge in [0.2, 0.25) is 5.75 Å². The average molecular weight is 268 g/mol. The highest BCUT2D eigenvalue weighted by atomic mass is 16.5. The van der Waals surface area contributed by atoms with Gasteiger partial charge in [-0.15, -0.1) is 0 Å². The molecule has 0 aliphatic rings. The Bertz CT molecular complexity index is 405. The van der Waals surface area contributed by atoms with Crippen LogP contribution in [0.4, 0.5) is 0 Å². The number of methoxy groups -OCH3 is 1. The fraction of sp³-hybridized carbons (Fsp3) is 0.500. The first-order valence-electron chi connectivity index (χ1n) is 6.37. The lowest BCUT2D eigenvalue weighted by Crippen LogP contribution is -2.02. The lowest BCUT2D eigenvalue weighted by molar-refractivity contribution is 0.0599. The van der Waals surface area contributed by atoms with E-state index in [1.807, 2.05) is 0 Å². The van der Waals surface area contributed by atoms with Crippen molar-refractivity contribution in [3.05, 3.63) is 17.7 Å². The number of carbonyl (C=O) groups excluding carboxylic acids is 1. The molecule has 0 fully saturated rings. The zero-order valence-corrected chi connectivity index (χ0v) is 11.3. The highest BCUT2D eigenvalue weighted by Crippen LogP contribution is 2.37. The van der Waals surface area contributed by atoms with Gasteiger partial charge in [-0.2, -0.15) is 0 Å². The molecule has 106 valence electrons. The molecule has 0 saturated carbocycles. The van der Waals surface area contributed by atoms with Gasteiger partial charge in [0.1, 0.15) is 0 Å². The molecule has 19 heavy (non-hydrogen) atoms. The van der Waals surface area contributed by atoms with Gasteiger partial charge in [-0.25, -0.2) is 4.79 Å². The molecule has 0 unspecified atom stereocenters. The molecule has 1 aromatic carbocycles. The smallest absolute Gasteiger partial charge is 0.338 e. The number of ether oxygens (including phenoxy) is 2. The van der Waals surface area contributed by atoms with E-state index in [-0.39, 0.29) is 22.8 Å². The van der Waals surface area contributed by atoms with Crippen LogP contribution < -0.4 is 4.74 Å². The molecule has 0 aliphatic heterocycles. The van der Waals surface area contributed by atoms with Gasteiger partial charge in [0.05, 0.1) is 19.3 Å². The van der Waals surface area contributed by atoms with Crippen molar-refractivity contribution in [2.45, 2.75) is 32.6 Å². The van der Waals surface area contributed by atoms with Crippen LogP contribution in [0.2, 0.25) is 0 Å². The Morgan fingerprint density at radius 3 is 2.32 bits per heavy atom. The zero-order chi connectivity index (χ0) is 14.3. The Balaban J connectivity index is 2.66. The summed E-state index contributed by atoms with van der Waals surface area (Å²) in [5.41, 5.74) is 0.0795. The van der Waals surface area contributed by atoms with Crippen molar-refractivity contribution in [1.82, 2.24) is 0 Å². The summed E-state index contributed by atoms with van der Waals surface area (Å²) in [6, 6.07) is 2.43. The number of carbonyl (C=O) groups is 1. The van der Waals surface area contributed by atoms with E-state index in [2.05, 4.69) is 11.7 Å². The molecule has 5 nitrogen and oxygen atoms in total. The number of hydrogen-bond donors (Lipinski definition) is 2. The number of rotatable bonds is 7. The molecule has 0 aromatic heterocycles. The Morgan fingerprint density at radius 1 is 1.16 bits per heavy atom. The van der Waals surface area contributed by atoms with Gasteiger partial charge < -0.3 is 19.7 Å². The Kier molecular flexibility index (Phi) is 5.99. The zero-order valence-electron chi connectivity index (χ0n) is 11.3. The van der Waals surface area contributed by atoms with Crippen LogP contribution in [0.5, 0.6) is 17.2 Å². The van der Waals surface area contributed by atoms with Crippen LogP contribution in [0.1, 0.15) is 43.0 Å². The summed E-state index contributed by atoms with van der Waals surface area (Å²) in [6.45, 7) is 2.53.